The van der Waals surface area contributed by atoms with Crippen LogP contribution in [0.2, 0.25) is 5.02 Å². The van der Waals surface area contributed by atoms with Crippen molar-refractivity contribution in [1.29, 1.82) is 0 Å². The van der Waals surface area contributed by atoms with Gasteiger partial charge in [0.25, 0.3) is 0 Å². The van der Waals surface area contributed by atoms with Crippen LogP contribution in [0, 0.1) is 13.8 Å². The van der Waals surface area contributed by atoms with Gasteiger partial charge in [0.2, 0.25) is 5.88 Å². The summed E-state index contributed by atoms with van der Waals surface area (Å²) in [6.45, 7) is 3.49. The lowest BCUT2D eigenvalue weighted by molar-refractivity contribution is 0.0692. The Morgan fingerprint density at radius 1 is 1.35 bits per heavy atom. The van der Waals surface area contributed by atoms with Gasteiger partial charge in [-0.2, -0.15) is 0 Å². The normalized spacial score (nSPS) is 10.4. The van der Waals surface area contributed by atoms with Crippen LogP contribution in [0.1, 0.15) is 21.6 Å². The first-order valence-electron chi connectivity index (χ1n) is 5.73. The third-order valence-corrected chi connectivity index (χ3v) is 3.48. The lowest BCUT2D eigenvalue weighted by Gasteiger charge is -2.12. The number of aryl methyl sites for hydroxylation is 2. The van der Waals surface area contributed by atoms with Crippen LogP contribution in [0.3, 0.4) is 0 Å². The van der Waals surface area contributed by atoms with Crippen LogP contribution in [-0.4, -0.2) is 16.1 Å². The van der Waals surface area contributed by atoms with Crippen molar-refractivity contribution >= 4 is 33.5 Å². The van der Waals surface area contributed by atoms with E-state index in [1.54, 1.807) is 38.1 Å². The first-order valence-corrected chi connectivity index (χ1v) is 6.90. The van der Waals surface area contributed by atoms with Crippen molar-refractivity contribution < 1.29 is 14.6 Å². The number of hydrogen-bond donors (Lipinski definition) is 1. The summed E-state index contributed by atoms with van der Waals surface area (Å²) in [6.07, 6.45) is 0. The standard InChI is InChI=1S/C14H11BrClNO3/c1-7-5-8(2)17-13(12(7)14(18)19)20-11-4-3-9(16)6-10(11)15/h3-6H,1-2H3,(H,18,19). The van der Waals surface area contributed by atoms with Gasteiger partial charge in [0, 0.05) is 10.7 Å². The summed E-state index contributed by atoms with van der Waals surface area (Å²) in [5, 5.41) is 9.83. The van der Waals surface area contributed by atoms with Gasteiger partial charge in [0.15, 0.2) is 0 Å². The number of carboxylic acids is 1. The monoisotopic (exact) mass is 355 g/mol. The maximum absolute atomic E-state index is 11.3. The van der Waals surface area contributed by atoms with Gasteiger partial charge in [-0.15, -0.1) is 0 Å². The molecule has 0 fully saturated rings. The Balaban J connectivity index is 2.50. The zero-order valence-corrected chi connectivity index (χ0v) is 13.1. The van der Waals surface area contributed by atoms with Gasteiger partial charge in [0.1, 0.15) is 11.3 Å². The fourth-order valence-electron chi connectivity index (χ4n) is 1.80. The number of rotatable bonds is 3. The lowest BCUT2D eigenvalue weighted by Crippen LogP contribution is -2.06. The Labute approximate surface area is 129 Å². The highest BCUT2D eigenvalue weighted by atomic mass is 79.9. The minimum Gasteiger partial charge on any atom is -0.477 e. The van der Waals surface area contributed by atoms with E-state index in [0.717, 1.165) is 0 Å². The zero-order chi connectivity index (χ0) is 14.9. The Morgan fingerprint density at radius 3 is 2.65 bits per heavy atom. The van der Waals surface area contributed by atoms with Gasteiger partial charge < -0.3 is 9.84 Å². The molecule has 2 rings (SSSR count). The van der Waals surface area contributed by atoms with E-state index in [2.05, 4.69) is 20.9 Å². The molecule has 0 aliphatic heterocycles. The number of carboxylic acid groups (broad SMARTS) is 1. The maximum atomic E-state index is 11.3. The predicted molar refractivity (Wildman–Crippen MR) is 79.9 cm³/mol. The molecule has 6 heteroatoms. The minimum atomic E-state index is -1.07. The van der Waals surface area contributed by atoms with Gasteiger partial charge >= 0.3 is 5.97 Å². The molecule has 20 heavy (non-hydrogen) atoms. The number of carbonyl (C=O) groups is 1. The number of pyridine rings is 1. The van der Waals surface area contributed by atoms with E-state index in [1.807, 2.05) is 0 Å². The molecule has 4 nitrogen and oxygen atoms in total. The molecule has 0 amide bonds. The molecule has 0 aliphatic rings. The second-order valence-electron chi connectivity index (χ2n) is 4.24. The zero-order valence-electron chi connectivity index (χ0n) is 10.8. The molecule has 104 valence electrons. The molecule has 0 spiro atoms. The van der Waals surface area contributed by atoms with E-state index < -0.39 is 5.97 Å². The third-order valence-electron chi connectivity index (χ3n) is 2.63. The molecule has 1 N–H and O–H groups in total. The molecule has 0 unspecified atom stereocenters. The molecule has 1 aromatic heterocycles. The van der Waals surface area contributed by atoms with E-state index in [1.165, 1.54) is 0 Å². The van der Waals surface area contributed by atoms with E-state index in [9.17, 15) is 9.90 Å². The first-order chi connectivity index (χ1) is 9.38. The minimum absolute atomic E-state index is 0.0532. The molecule has 1 heterocycles. The largest absolute Gasteiger partial charge is 0.477 e. The SMILES string of the molecule is Cc1cc(C)c(C(=O)O)c(Oc2ccc(Cl)cc2Br)n1. The fraction of sp³-hybridized carbons (Fsp3) is 0.143. The number of aromatic nitrogens is 1. The number of nitrogens with zero attached hydrogens (tertiary/aromatic N) is 1. The average Bonchev–Trinajstić information content (AvgIpc) is 2.31. The van der Waals surface area contributed by atoms with Crippen molar-refractivity contribution in [1.82, 2.24) is 4.98 Å². The van der Waals surface area contributed by atoms with Crippen LogP contribution in [0.4, 0.5) is 0 Å². The van der Waals surface area contributed by atoms with Gasteiger partial charge in [-0.1, -0.05) is 11.6 Å². The summed E-state index contributed by atoms with van der Waals surface area (Å²) in [5.41, 5.74) is 1.34. The smallest absolute Gasteiger partial charge is 0.341 e. The van der Waals surface area contributed by atoms with Crippen molar-refractivity contribution in [3.05, 3.63) is 50.6 Å². The second-order valence-corrected chi connectivity index (χ2v) is 5.53. The summed E-state index contributed by atoms with van der Waals surface area (Å²) >= 11 is 9.18. The highest BCUT2D eigenvalue weighted by Crippen LogP contribution is 2.33. The summed E-state index contributed by atoms with van der Waals surface area (Å²) in [5.74, 6) is -0.553. The topological polar surface area (TPSA) is 59.4 Å². The van der Waals surface area contributed by atoms with Crippen molar-refractivity contribution in [2.24, 2.45) is 0 Å². The number of benzene rings is 1. The van der Waals surface area contributed by atoms with Crippen LogP contribution in [0.25, 0.3) is 0 Å². The van der Waals surface area contributed by atoms with E-state index in [4.69, 9.17) is 16.3 Å². The summed E-state index contributed by atoms with van der Waals surface area (Å²) in [6, 6.07) is 6.68. The van der Waals surface area contributed by atoms with E-state index in [0.29, 0.717) is 26.5 Å². The lowest BCUT2D eigenvalue weighted by atomic mass is 10.1. The molecule has 2 aromatic rings. The molecule has 0 radical (unpaired) electrons. The molecule has 1 aromatic carbocycles. The van der Waals surface area contributed by atoms with Gasteiger partial charge in [-0.25, -0.2) is 9.78 Å². The van der Waals surface area contributed by atoms with Crippen LogP contribution >= 0.6 is 27.5 Å². The van der Waals surface area contributed by atoms with Gasteiger partial charge in [-0.05, 0) is 59.6 Å². The Bertz CT molecular complexity index is 688. The first kappa shape index (κ1) is 14.8. The predicted octanol–water partition coefficient (Wildman–Crippen LogP) is 4.60. The Kier molecular flexibility index (Phi) is 4.30. The van der Waals surface area contributed by atoms with Crippen LogP contribution in [0.15, 0.2) is 28.7 Å². The van der Waals surface area contributed by atoms with Crippen molar-refractivity contribution in [3.8, 4) is 11.6 Å². The van der Waals surface area contributed by atoms with Crippen LogP contribution in [0.5, 0.6) is 11.6 Å². The Morgan fingerprint density at radius 2 is 2.05 bits per heavy atom. The molecule has 0 bridgehead atoms. The summed E-state index contributed by atoms with van der Waals surface area (Å²) in [7, 11) is 0. The van der Waals surface area contributed by atoms with Crippen molar-refractivity contribution in [2.75, 3.05) is 0 Å². The molecular weight excluding hydrogens is 346 g/mol. The molecule has 0 saturated carbocycles. The van der Waals surface area contributed by atoms with E-state index in [-0.39, 0.29) is 11.4 Å². The van der Waals surface area contributed by atoms with Crippen LogP contribution < -0.4 is 4.74 Å². The maximum Gasteiger partial charge on any atom is 0.341 e. The van der Waals surface area contributed by atoms with Crippen LogP contribution in [-0.2, 0) is 0 Å². The third kappa shape index (κ3) is 3.11. The quantitative estimate of drug-likeness (QED) is 0.873. The summed E-state index contributed by atoms with van der Waals surface area (Å²) < 4.78 is 6.25. The Hall–Kier alpha value is -1.59. The average molecular weight is 357 g/mol. The van der Waals surface area contributed by atoms with Gasteiger partial charge in [0.05, 0.1) is 4.47 Å². The highest BCUT2D eigenvalue weighted by Gasteiger charge is 2.18. The molecule has 0 saturated heterocycles. The number of aromatic carboxylic acids is 1. The number of ether oxygens (including phenoxy) is 1. The second kappa shape index (κ2) is 5.81. The summed E-state index contributed by atoms with van der Waals surface area (Å²) in [4.78, 5) is 15.5. The molecule has 0 aliphatic carbocycles. The van der Waals surface area contributed by atoms with Gasteiger partial charge in [-0.3, -0.25) is 0 Å². The number of hydrogen-bond acceptors (Lipinski definition) is 3. The highest BCUT2D eigenvalue weighted by molar-refractivity contribution is 9.10. The number of halogens is 2. The van der Waals surface area contributed by atoms with E-state index >= 15 is 0 Å². The molecule has 0 atom stereocenters. The van der Waals surface area contributed by atoms with Crippen molar-refractivity contribution in [3.63, 3.8) is 0 Å². The van der Waals surface area contributed by atoms with Crippen molar-refractivity contribution in [2.45, 2.75) is 13.8 Å². The fourth-order valence-corrected chi connectivity index (χ4v) is 2.56. The molecular formula is C14H11BrClNO3.